The van der Waals surface area contributed by atoms with E-state index in [-0.39, 0.29) is 0 Å². The lowest BCUT2D eigenvalue weighted by Gasteiger charge is -2.50. The van der Waals surface area contributed by atoms with Crippen molar-refractivity contribution in [3.8, 4) is 0 Å². The molecular formula is C25H42N2O19. The van der Waals surface area contributed by atoms with Crippen molar-refractivity contribution in [1.82, 2.24) is 10.6 Å². The van der Waals surface area contributed by atoms with Crippen LogP contribution in [0.2, 0.25) is 0 Å². The summed E-state index contributed by atoms with van der Waals surface area (Å²) in [4.78, 5) is 36.0. The number of aliphatic hydroxyl groups excluding tert-OH is 10. The molecule has 0 aromatic heterocycles. The molecule has 266 valence electrons. The van der Waals surface area contributed by atoms with Gasteiger partial charge in [-0.15, -0.1) is 0 Å². The van der Waals surface area contributed by atoms with Crippen LogP contribution in [0, 0.1) is 0 Å². The highest BCUT2D eigenvalue weighted by Gasteiger charge is 2.60. The fourth-order valence-corrected chi connectivity index (χ4v) is 5.57. The number of hydrogen-bond donors (Lipinski definition) is 13. The van der Waals surface area contributed by atoms with E-state index in [2.05, 4.69) is 10.6 Å². The van der Waals surface area contributed by atoms with E-state index in [1.165, 1.54) is 0 Å². The summed E-state index contributed by atoms with van der Waals surface area (Å²) in [6.45, 7) is -0.789. The minimum Gasteiger partial charge on any atom is -0.477 e. The van der Waals surface area contributed by atoms with Gasteiger partial charge in [0.15, 0.2) is 12.6 Å². The van der Waals surface area contributed by atoms with Crippen molar-refractivity contribution in [3.05, 3.63) is 0 Å². The van der Waals surface area contributed by atoms with Crippen LogP contribution in [-0.4, -0.2) is 191 Å². The number of carbonyl (C=O) groups excluding carboxylic acids is 2. The fraction of sp³-hybridized carbons (Fsp3) is 0.880. The Hall–Kier alpha value is -2.19. The van der Waals surface area contributed by atoms with E-state index in [1.807, 2.05) is 0 Å². The average molecular weight is 675 g/mol. The van der Waals surface area contributed by atoms with Gasteiger partial charge in [-0.2, -0.15) is 0 Å². The van der Waals surface area contributed by atoms with Gasteiger partial charge in [0.1, 0.15) is 67.1 Å². The van der Waals surface area contributed by atoms with Gasteiger partial charge in [-0.05, 0) is 0 Å². The highest BCUT2D eigenvalue weighted by molar-refractivity contribution is 5.76. The van der Waals surface area contributed by atoms with Crippen molar-refractivity contribution in [2.45, 2.75) is 118 Å². The van der Waals surface area contributed by atoms with E-state index < -0.39 is 142 Å². The molecule has 3 rings (SSSR count). The molecule has 0 aliphatic carbocycles. The minimum atomic E-state index is -3.04. The van der Waals surface area contributed by atoms with Crippen molar-refractivity contribution < 1.29 is 94.2 Å². The third kappa shape index (κ3) is 8.08. The summed E-state index contributed by atoms with van der Waals surface area (Å²) in [7, 11) is 0. The van der Waals surface area contributed by atoms with E-state index in [9.17, 15) is 70.6 Å². The molecule has 0 saturated carbocycles. The van der Waals surface area contributed by atoms with Crippen molar-refractivity contribution in [3.63, 3.8) is 0 Å². The number of carboxylic acid groups (broad SMARTS) is 1. The van der Waals surface area contributed by atoms with Crippen LogP contribution in [0.15, 0.2) is 0 Å². The Bertz CT molecular complexity index is 1050. The lowest BCUT2D eigenvalue weighted by Crippen LogP contribution is -2.71. The van der Waals surface area contributed by atoms with E-state index in [0.717, 1.165) is 13.8 Å². The smallest absolute Gasteiger partial charge is 0.364 e. The van der Waals surface area contributed by atoms with Crippen LogP contribution in [0.1, 0.15) is 20.3 Å². The lowest BCUT2D eigenvalue weighted by atomic mass is 9.88. The average Bonchev–Trinajstić information content (AvgIpc) is 2.99. The largest absolute Gasteiger partial charge is 0.477 e. The Labute approximate surface area is 260 Å². The zero-order chi connectivity index (χ0) is 34.7. The zero-order valence-corrected chi connectivity index (χ0v) is 24.7. The summed E-state index contributed by atoms with van der Waals surface area (Å²) in [6, 6.07) is -3.05. The molecule has 3 heterocycles. The number of ether oxygens (including phenoxy) is 5. The second kappa shape index (κ2) is 15.8. The van der Waals surface area contributed by atoms with Gasteiger partial charge in [-0.3, -0.25) is 9.59 Å². The third-order valence-electron chi connectivity index (χ3n) is 7.87. The van der Waals surface area contributed by atoms with E-state index in [0.29, 0.717) is 0 Å². The summed E-state index contributed by atoms with van der Waals surface area (Å²) >= 11 is 0. The Morgan fingerprint density at radius 3 is 1.96 bits per heavy atom. The van der Waals surface area contributed by atoms with Crippen LogP contribution in [0.4, 0.5) is 0 Å². The molecule has 3 fully saturated rings. The maximum absolute atomic E-state index is 12.6. The van der Waals surface area contributed by atoms with Gasteiger partial charge in [0, 0.05) is 20.3 Å². The van der Waals surface area contributed by atoms with Crippen molar-refractivity contribution in [2.75, 3.05) is 19.8 Å². The SMILES string of the molecule is CC(=O)N[C@H]1[C@H]([C@H](O)[C@H](O)CO)O[C@@](O[C@H]2[C@@H](O)[C@@H](CO)O[C@H](O[C@H]3[C@H](O)[C@@H](NC(C)=O)C(O)O[C@@H]3CO)[C@@H]2O)(C(=O)O)C[C@@H]1O. The van der Waals surface area contributed by atoms with Crippen LogP contribution in [0.25, 0.3) is 0 Å². The van der Waals surface area contributed by atoms with Crippen LogP contribution < -0.4 is 10.6 Å². The molecule has 3 aliphatic heterocycles. The minimum absolute atomic E-state index is 0.692. The highest BCUT2D eigenvalue weighted by atomic mass is 16.8. The van der Waals surface area contributed by atoms with Gasteiger partial charge in [-0.1, -0.05) is 0 Å². The molecule has 3 saturated heterocycles. The lowest BCUT2D eigenvalue weighted by molar-refractivity contribution is -0.382. The van der Waals surface area contributed by atoms with Gasteiger partial charge >= 0.3 is 5.97 Å². The number of carbonyl (C=O) groups is 3. The highest BCUT2D eigenvalue weighted by Crippen LogP contribution is 2.38. The predicted molar refractivity (Wildman–Crippen MR) is 142 cm³/mol. The monoisotopic (exact) mass is 674 g/mol. The van der Waals surface area contributed by atoms with E-state index in [4.69, 9.17) is 23.7 Å². The molecule has 1 unspecified atom stereocenters. The number of hydrogen-bond acceptors (Lipinski definition) is 18. The summed E-state index contributed by atoms with van der Waals surface area (Å²) in [6.07, 6.45) is -25.7. The normalized spacial score (nSPS) is 42.9. The maximum atomic E-state index is 12.6. The topological polar surface area (TPSA) is 344 Å². The number of amides is 2. The Morgan fingerprint density at radius 2 is 1.43 bits per heavy atom. The third-order valence-corrected chi connectivity index (χ3v) is 7.87. The number of nitrogens with one attached hydrogen (secondary N) is 2. The first kappa shape index (κ1) is 38.3. The standard InChI is InChI=1S/C25H42N2O19/c1-7(31)26-13-9(33)3-25(24(40)41,45-20(13)15(35)10(34)4-28)46-21-16(36)11(5-29)43-23(18(21)38)44-19-12(6-30)42-22(39)14(17(19)37)27-8(2)32/h9-23,28-30,33-39H,3-6H2,1-2H3,(H,26,31)(H,27,32)(H,40,41)/t9-,10+,11+,12+,13+,14+,15+,16-,17+,18+,19+,20+,21-,22?,23+,25-/m0/s1. The number of aliphatic carboxylic acids is 1. The molecular weight excluding hydrogens is 632 g/mol. The van der Waals surface area contributed by atoms with Gasteiger partial charge in [-0.25, -0.2) is 4.79 Å². The molecule has 0 aromatic carbocycles. The molecule has 3 aliphatic rings. The molecule has 21 nitrogen and oxygen atoms in total. The zero-order valence-electron chi connectivity index (χ0n) is 24.7. The van der Waals surface area contributed by atoms with Gasteiger partial charge < -0.3 is 90.5 Å². The molecule has 0 aromatic rings. The van der Waals surface area contributed by atoms with Crippen LogP contribution in [0.3, 0.4) is 0 Å². The van der Waals surface area contributed by atoms with Crippen LogP contribution in [-0.2, 0) is 38.1 Å². The Kier molecular flexibility index (Phi) is 13.1. The van der Waals surface area contributed by atoms with Crippen molar-refractivity contribution in [2.24, 2.45) is 0 Å². The first-order chi connectivity index (χ1) is 21.5. The number of aliphatic hydroxyl groups is 10. The van der Waals surface area contributed by atoms with Crippen molar-refractivity contribution in [1.29, 1.82) is 0 Å². The predicted octanol–water partition coefficient (Wildman–Crippen LogP) is -8.08. The van der Waals surface area contributed by atoms with Gasteiger partial charge in [0.05, 0.1) is 32.0 Å². The molecule has 0 bridgehead atoms. The van der Waals surface area contributed by atoms with E-state index in [1.54, 1.807) is 0 Å². The molecule has 16 atom stereocenters. The first-order valence-corrected chi connectivity index (χ1v) is 14.2. The summed E-state index contributed by atoms with van der Waals surface area (Å²) < 4.78 is 27.4. The second-order valence-corrected chi connectivity index (χ2v) is 11.2. The molecule has 13 N–H and O–H groups in total. The molecule has 46 heavy (non-hydrogen) atoms. The molecule has 21 heteroatoms. The quantitative estimate of drug-likeness (QED) is 0.0913. The molecule has 0 radical (unpaired) electrons. The first-order valence-electron chi connectivity index (χ1n) is 14.2. The number of rotatable bonds is 12. The Morgan fingerprint density at radius 1 is 0.848 bits per heavy atom. The summed E-state index contributed by atoms with van der Waals surface area (Å²) in [5, 5.41) is 118. The number of carboxylic acids is 1. The molecule has 2 amide bonds. The van der Waals surface area contributed by atoms with Gasteiger partial charge in [0.25, 0.3) is 5.79 Å². The van der Waals surface area contributed by atoms with Crippen molar-refractivity contribution >= 4 is 17.8 Å². The van der Waals surface area contributed by atoms with Crippen LogP contribution >= 0.6 is 0 Å². The fourth-order valence-electron chi connectivity index (χ4n) is 5.57. The van der Waals surface area contributed by atoms with Crippen LogP contribution in [0.5, 0.6) is 0 Å². The second-order valence-electron chi connectivity index (χ2n) is 11.2. The summed E-state index contributed by atoms with van der Waals surface area (Å²) in [5.41, 5.74) is 0. The van der Waals surface area contributed by atoms with E-state index >= 15 is 0 Å². The molecule has 0 spiro atoms. The van der Waals surface area contributed by atoms with Gasteiger partial charge in [0.2, 0.25) is 11.8 Å². The Balaban J connectivity index is 1.95. The summed E-state index contributed by atoms with van der Waals surface area (Å²) in [5.74, 6) is -6.46. The maximum Gasteiger partial charge on any atom is 0.364 e.